The second-order valence-corrected chi connectivity index (χ2v) is 8.43. The summed E-state index contributed by atoms with van der Waals surface area (Å²) in [6.45, 7) is 2.03. The Balaban J connectivity index is 1.72. The molecule has 0 saturated carbocycles. The average Bonchev–Trinajstić information content (AvgIpc) is 2.97. The molecule has 128 valence electrons. The first-order valence-corrected chi connectivity index (χ1v) is 10.2. The van der Waals surface area contributed by atoms with E-state index in [-0.39, 0.29) is 10.8 Å². The molecule has 0 atom stereocenters. The van der Waals surface area contributed by atoms with Crippen LogP contribution in [0, 0.1) is 0 Å². The van der Waals surface area contributed by atoms with Crippen LogP contribution in [0.25, 0.3) is 0 Å². The molecule has 8 heteroatoms. The highest BCUT2D eigenvalue weighted by molar-refractivity contribution is 7.89. The Hall–Kier alpha value is -1.77. The van der Waals surface area contributed by atoms with Crippen molar-refractivity contribution in [3.8, 4) is 0 Å². The zero-order valence-corrected chi connectivity index (χ0v) is 15.0. The van der Waals surface area contributed by atoms with Gasteiger partial charge in [-0.25, -0.2) is 18.1 Å². The van der Waals surface area contributed by atoms with Gasteiger partial charge in [0.15, 0.2) is 5.13 Å². The number of nitrogens with zero attached hydrogens (tertiary/aromatic N) is 1. The third-order valence-corrected chi connectivity index (χ3v) is 6.46. The van der Waals surface area contributed by atoms with E-state index in [4.69, 9.17) is 0 Å². The summed E-state index contributed by atoms with van der Waals surface area (Å²) in [5, 5.41) is 3.41. The molecule has 6 nitrogen and oxygen atoms in total. The highest BCUT2D eigenvalue weighted by atomic mass is 32.2. The first-order valence-electron chi connectivity index (χ1n) is 7.89. The molecule has 0 bridgehead atoms. The summed E-state index contributed by atoms with van der Waals surface area (Å²) in [5.74, 6) is -0.284. The lowest BCUT2D eigenvalue weighted by atomic mass is 10.0. The Morgan fingerprint density at radius 1 is 1.21 bits per heavy atom. The Morgan fingerprint density at radius 3 is 2.58 bits per heavy atom. The number of amides is 1. The van der Waals surface area contributed by atoms with Crippen LogP contribution in [0.4, 0.5) is 5.13 Å². The van der Waals surface area contributed by atoms with Crippen molar-refractivity contribution in [2.45, 2.75) is 37.5 Å². The molecular weight excluding hydrogens is 346 g/mol. The summed E-state index contributed by atoms with van der Waals surface area (Å²) in [4.78, 5) is 18.2. The van der Waals surface area contributed by atoms with Gasteiger partial charge < -0.3 is 0 Å². The minimum atomic E-state index is -3.51. The standard InChI is InChI=1S/C16H19N3O3S2/c1-2-17-24(21,22)12-9-7-11(8-10-12)15(20)19-16-18-13-5-3-4-6-14(13)23-16/h7-10,17H,2-6H2,1H3,(H,18,19,20). The predicted molar refractivity (Wildman–Crippen MR) is 94.0 cm³/mol. The van der Waals surface area contributed by atoms with Gasteiger partial charge in [-0.1, -0.05) is 6.92 Å². The zero-order valence-electron chi connectivity index (χ0n) is 13.3. The van der Waals surface area contributed by atoms with Crippen LogP contribution in [0.15, 0.2) is 29.2 Å². The minimum absolute atomic E-state index is 0.144. The van der Waals surface area contributed by atoms with Gasteiger partial charge in [0.2, 0.25) is 10.0 Å². The monoisotopic (exact) mass is 365 g/mol. The fraction of sp³-hybridized carbons (Fsp3) is 0.375. The van der Waals surface area contributed by atoms with E-state index < -0.39 is 10.0 Å². The van der Waals surface area contributed by atoms with Crippen molar-refractivity contribution in [1.29, 1.82) is 0 Å². The second-order valence-electron chi connectivity index (χ2n) is 5.58. The van der Waals surface area contributed by atoms with Crippen LogP contribution in [0.2, 0.25) is 0 Å². The van der Waals surface area contributed by atoms with Gasteiger partial charge in [-0.2, -0.15) is 0 Å². The number of thiazole rings is 1. The second kappa shape index (κ2) is 7.00. The lowest BCUT2D eigenvalue weighted by Crippen LogP contribution is -2.23. The van der Waals surface area contributed by atoms with Crippen molar-refractivity contribution >= 4 is 32.4 Å². The van der Waals surface area contributed by atoms with E-state index in [1.165, 1.54) is 46.9 Å². The fourth-order valence-electron chi connectivity index (χ4n) is 2.63. The highest BCUT2D eigenvalue weighted by Gasteiger charge is 2.18. The molecule has 1 amide bonds. The molecule has 0 aliphatic heterocycles. The number of hydrogen-bond acceptors (Lipinski definition) is 5. The first-order chi connectivity index (χ1) is 11.5. The maximum Gasteiger partial charge on any atom is 0.257 e. The van der Waals surface area contributed by atoms with Gasteiger partial charge in [-0.15, -0.1) is 11.3 Å². The number of hydrogen-bond donors (Lipinski definition) is 2. The van der Waals surface area contributed by atoms with Crippen LogP contribution in [0.5, 0.6) is 0 Å². The van der Waals surface area contributed by atoms with Crippen LogP contribution in [-0.4, -0.2) is 25.9 Å². The van der Waals surface area contributed by atoms with Gasteiger partial charge in [0.25, 0.3) is 5.91 Å². The van der Waals surface area contributed by atoms with Crippen molar-refractivity contribution in [3.05, 3.63) is 40.4 Å². The molecule has 24 heavy (non-hydrogen) atoms. The molecule has 0 unspecified atom stereocenters. The van der Waals surface area contributed by atoms with E-state index in [2.05, 4.69) is 15.0 Å². The number of fused-ring (bicyclic) bond motifs is 1. The van der Waals surface area contributed by atoms with Crippen LogP contribution in [0.1, 0.15) is 40.7 Å². The topological polar surface area (TPSA) is 88.2 Å². The predicted octanol–water partition coefficient (Wildman–Crippen LogP) is 2.57. The van der Waals surface area contributed by atoms with E-state index in [1.54, 1.807) is 6.92 Å². The lowest BCUT2D eigenvalue weighted by Gasteiger charge is -2.06. The minimum Gasteiger partial charge on any atom is -0.298 e. The van der Waals surface area contributed by atoms with E-state index in [0.29, 0.717) is 17.2 Å². The molecule has 1 aromatic heterocycles. The number of aromatic nitrogens is 1. The average molecular weight is 365 g/mol. The summed E-state index contributed by atoms with van der Waals surface area (Å²) in [5.41, 5.74) is 1.49. The first kappa shape index (κ1) is 17.1. The maximum absolute atomic E-state index is 12.3. The zero-order chi connectivity index (χ0) is 17.2. The molecule has 2 aromatic rings. The van der Waals surface area contributed by atoms with Gasteiger partial charge in [0.1, 0.15) is 0 Å². The fourth-order valence-corrected chi connectivity index (χ4v) is 4.72. The number of benzene rings is 1. The number of carbonyl (C=O) groups is 1. The van der Waals surface area contributed by atoms with Gasteiger partial charge in [0, 0.05) is 17.0 Å². The third kappa shape index (κ3) is 3.66. The molecule has 0 saturated heterocycles. The third-order valence-electron chi connectivity index (χ3n) is 3.83. The van der Waals surface area contributed by atoms with E-state index in [1.807, 2.05) is 0 Å². The Labute approximate surface area is 145 Å². The maximum atomic E-state index is 12.3. The highest BCUT2D eigenvalue weighted by Crippen LogP contribution is 2.29. The quantitative estimate of drug-likeness (QED) is 0.852. The number of carbonyl (C=O) groups excluding carboxylic acids is 1. The molecular formula is C16H19N3O3S2. The Morgan fingerprint density at radius 2 is 1.92 bits per heavy atom. The molecule has 3 rings (SSSR count). The summed E-state index contributed by atoms with van der Waals surface area (Å²) in [6, 6.07) is 5.87. The van der Waals surface area contributed by atoms with Crippen LogP contribution in [-0.2, 0) is 22.9 Å². The summed E-state index contributed by atoms with van der Waals surface area (Å²) in [6.07, 6.45) is 4.31. The summed E-state index contributed by atoms with van der Waals surface area (Å²) >= 11 is 1.52. The summed E-state index contributed by atoms with van der Waals surface area (Å²) < 4.78 is 26.2. The number of nitrogens with one attached hydrogen (secondary N) is 2. The molecule has 1 aromatic carbocycles. The number of sulfonamides is 1. The van der Waals surface area contributed by atoms with Crippen LogP contribution < -0.4 is 10.0 Å². The number of anilines is 1. The Kier molecular flexibility index (Phi) is 4.98. The van der Waals surface area contributed by atoms with Crippen molar-refractivity contribution in [3.63, 3.8) is 0 Å². The largest absolute Gasteiger partial charge is 0.298 e. The Bertz CT molecular complexity index is 818. The van der Waals surface area contributed by atoms with Gasteiger partial charge >= 0.3 is 0 Å². The normalized spacial score (nSPS) is 14.2. The number of aryl methyl sites for hydroxylation is 2. The number of rotatable bonds is 5. The molecule has 1 aliphatic rings. The van der Waals surface area contributed by atoms with Crippen molar-refractivity contribution in [2.24, 2.45) is 0 Å². The summed E-state index contributed by atoms with van der Waals surface area (Å²) in [7, 11) is -3.51. The molecule has 0 spiro atoms. The molecule has 1 aliphatic carbocycles. The van der Waals surface area contributed by atoms with Crippen molar-refractivity contribution in [2.75, 3.05) is 11.9 Å². The van der Waals surface area contributed by atoms with Gasteiger partial charge in [0.05, 0.1) is 10.6 Å². The van der Waals surface area contributed by atoms with E-state index >= 15 is 0 Å². The van der Waals surface area contributed by atoms with E-state index in [9.17, 15) is 13.2 Å². The van der Waals surface area contributed by atoms with E-state index in [0.717, 1.165) is 25.0 Å². The molecule has 1 heterocycles. The van der Waals surface area contributed by atoms with Crippen molar-refractivity contribution in [1.82, 2.24) is 9.71 Å². The van der Waals surface area contributed by atoms with Crippen molar-refractivity contribution < 1.29 is 13.2 Å². The van der Waals surface area contributed by atoms with Gasteiger partial charge in [-0.05, 0) is 49.9 Å². The van der Waals surface area contributed by atoms with Crippen LogP contribution >= 0.6 is 11.3 Å². The lowest BCUT2D eigenvalue weighted by molar-refractivity contribution is 0.102. The molecule has 0 radical (unpaired) electrons. The van der Waals surface area contributed by atoms with Crippen LogP contribution in [0.3, 0.4) is 0 Å². The smallest absolute Gasteiger partial charge is 0.257 e. The molecule has 0 fully saturated rings. The molecule has 2 N–H and O–H groups in total. The van der Waals surface area contributed by atoms with Gasteiger partial charge in [-0.3, -0.25) is 10.1 Å². The SMILES string of the molecule is CCNS(=O)(=O)c1ccc(C(=O)Nc2nc3c(s2)CCCC3)cc1.